The summed E-state index contributed by atoms with van der Waals surface area (Å²) in [5, 5.41) is 7.90. The fraction of sp³-hybridized carbons (Fsp3) is 0.833. The van der Waals surface area contributed by atoms with Gasteiger partial charge in [-0.2, -0.15) is 0 Å². The Bertz CT molecular complexity index is 305. The molecule has 0 saturated carbocycles. The predicted molar refractivity (Wildman–Crippen MR) is 73.6 cm³/mol. The number of hydrogen-bond acceptors (Lipinski definition) is 3. The molecule has 1 aromatic heterocycles. The lowest BCUT2D eigenvalue weighted by atomic mass is 10.0. The molecule has 1 aromatic rings. The standard InChI is InChI=1S/C12H23BrN4/c1-3-4-5-6-7-8-9-10(14)11-12(13)15-16-17(11)2/h10H,3-9,14H2,1-2H3. The fourth-order valence-corrected chi connectivity index (χ4v) is 2.64. The van der Waals surface area contributed by atoms with Crippen molar-refractivity contribution in [3.63, 3.8) is 0 Å². The number of unbranched alkanes of at least 4 members (excludes halogenated alkanes) is 5. The van der Waals surface area contributed by atoms with Crippen molar-refractivity contribution in [2.75, 3.05) is 0 Å². The maximum Gasteiger partial charge on any atom is 0.153 e. The molecule has 1 rings (SSSR count). The van der Waals surface area contributed by atoms with E-state index in [4.69, 9.17) is 5.73 Å². The summed E-state index contributed by atoms with van der Waals surface area (Å²) in [6, 6.07) is 0.0375. The van der Waals surface area contributed by atoms with Crippen molar-refractivity contribution in [3.8, 4) is 0 Å². The molecular weight excluding hydrogens is 280 g/mol. The SMILES string of the molecule is CCCCCCCCC(N)c1c(Br)nnn1C. The highest BCUT2D eigenvalue weighted by Gasteiger charge is 2.15. The third-order valence-electron chi connectivity index (χ3n) is 3.05. The van der Waals surface area contributed by atoms with Gasteiger partial charge in [0.2, 0.25) is 0 Å². The van der Waals surface area contributed by atoms with Crippen LogP contribution in [0.2, 0.25) is 0 Å². The highest BCUT2D eigenvalue weighted by atomic mass is 79.9. The van der Waals surface area contributed by atoms with Gasteiger partial charge in [0.1, 0.15) is 0 Å². The molecule has 5 heteroatoms. The van der Waals surface area contributed by atoms with Crippen LogP contribution in [0.15, 0.2) is 4.60 Å². The minimum atomic E-state index is 0.0375. The van der Waals surface area contributed by atoms with Crippen LogP contribution >= 0.6 is 15.9 Å². The number of nitrogens with zero attached hydrogens (tertiary/aromatic N) is 3. The van der Waals surface area contributed by atoms with Gasteiger partial charge in [-0.05, 0) is 22.4 Å². The van der Waals surface area contributed by atoms with Gasteiger partial charge in [-0.1, -0.05) is 50.7 Å². The van der Waals surface area contributed by atoms with Crippen LogP contribution in [-0.4, -0.2) is 15.0 Å². The van der Waals surface area contributed by atoms with Crippen LogP contribution in [-0.2, 0) is 7.05 Å². The summed E-state index contributed by atoms with van der Waals surface area (Å²) < 4.78 is 2.53. The second-order valence-corrected chi connectivity index (χ2v) is 5.30. The number of aromatic nitrogens is 3. The lowest BCUT2D eigenvalue weighted by Crippen LogP contribution is -2.15. The largest absolute Gasteiger partial charge is 0.323 e. The molecule has 4 nitrogen and oxygen atoms in total. The summed E-state index contributed by atoms with van der Waals surface area (Å²) in [7, 11) is 1.88. The Kier molecular flexibility index (Phi) is 6.73. The molecule has 0 saturated heterocycles. The van der Waals surface area contributed by atoms with E-state index in [-0.39, 0.29) is 6.04 Å². The van der Waals surface area contributed by atoms with Crippen molar-refractivity contribution >= 4 is 15.9 Å². The second-order valence-electron chi connectivity index (χ2n) is 4.55. The molecule has 0 amide bonds. The molecule has 1 atom stereocenters. The predicted octanol–water partition coefficient (Wildman–Crippen LogP) is 3.33. The minimum absolute atomic E-state index is 0.0375. The maximum atomic E-state index is 6.15. The van der Waals surface area contributed by atoms with Crippen molar-refractivity contribution in [2.45, 2.75) is 57.9 Å². The number of halogens is 1. The zero-order valence-corrected chi connectivity index (χ0v) is 12.4. The smallest absolute Gasteiger partial charge is 0.153 e. The molecule has 0 spiro atoms. The Hall–Kier alpha value is -0.420. The third kappa shape index (κ3) is 4.76. The molecular formula is C12H23BrN4. The zero-order chi connectivity index (χ0) is 12.7. The first-order chi connectivity index (χ1) is 8.16. The van der Waals surface area contributed by atoms with Gasteiger partial charge in [0.05, 0.1) is 5.69 Å². The van der Waals surface area contributed by atoms with Crippen molar-refractivity contribution in [3.05, 3.63) is 10.3 Å². The van der Waals surface area contributed by atoms with E-state index in [9.17, 15) is 0 Å². The number of rotatable bonds is 8. The van der Waals surface area contributed by atoms with Gasteiger partial charge in [0.15, 0.2) is 4.60 Å². The van der Waals surface area contributed by atoms with Crippen LogP contribution in [0.25, 0.3) is 0 Å². The Labute approximate surface area is 112 Å². The summed E-state index contributed by atoms with van der Waals surface area (Å²) >= 11 is 3.39. The van der Waals surface area contributed by atoms with E-state index < -0.39 is 0 Å². The first-order valence-electron chi connectivity index (χ1n) is 6.47. The van der Waals surface area contributed by atoms with Gasteiger partial charge in [-0.3, -0.25) is 0 Å². The number of nitrogens with two attached hydrogens (primary N) is 1. The van der Waals surface area contributed by atoms with E-state index >= 15 is 0 Å². The first kappa shape index (κ1) is 14.6. The lowest BCUT2D eigenvalue weighted by Gasteiger charge is -2.11. The molecule has 0 aliphatic rings. The second kappa shape index (κ2) is 7.82. The van der Waals surface area contributed by atoms with E-state index in [0.717, 1.165) is 16.7 Å². The quantitative estimate of drug-likeness (QED) is 0.749. The summed E-state index contributed by atoms with van der Waals surface area (Å²) in [4.78, 5) is 0. The van der Waals surface area contributed by atoms with E-state index in [1.165, 1.54) is 38.5 Å². The summed E-state index contributed by atoms with van der Waals surface area (Å²) in [5.41, 5.74) is 7.15. The molecule has 17 heavy (non-hydrogen) atoms. The molecule has 1 heterocycles. The normalized spacial score (nSPS) is 12.9. The van der Waals surface area contributed by atoms with Gasteiger partial charge in [-0.15, -0.1) is 5.10 Å². The van der Waals surface area contributed by atoms with E-state index in [2.05, 4.69) is 33.2 Å². The molecule has 0 aromatic carbocycles. The van der Waals surface area contributed by atoms with E-state index in [0.29, 0.717) is 0 Å². The average Bonchev–Trinajstić information content (AvgIpc) is 2.63. The van der Waals surface area contributed by atoms with Crippen LogP contribution < -0.4 is 5.73 Å². The summed E-state index contributed by atoms with van der Waals surface area (Å²) in [6.45, 7) is 2.24. The molecule has 2 N–H and O–H groups in total. The van der Waals surface area contributed by atoms with Gasteiger partial charge < -0.3 is 5.73 Å². The van der Waals surface area contributed by atoms with E-state index in [1.807, 2.05) is 7.05 Å². The fourth-order valence-electron chi connectivity index (χ4n) is 2.01. The van der Waals surface area contributed by atoms with Gasteiger partial charge in [0, 0.05) is 13.1 Å². The Morgan fingerprint density at radius 3 is 2.47 bits per heavy atom. The molecule has 0 radical (unpaired) electrons. The molecule has 0 bridgehead atoms. The zero-order valence-electron chi connectivity index (χ0n) is 10.8. The Morgan fingerprint density at radius 1 is 1.24 bits per heavy atom. The lowest BCUT2D eigenvalue weighted by molar-refractivity contribution is 0.521. The number of aryl methyl sites for hydroxylation is 1. The highest BCUT2D eigenvalue weighted by molar-refractivity contribution is 9.10. The molecule has 1 unspecified atom stereocenters. The van der Waals surface area contributed by atoms with Gasteiger partial charge in [0.25, 0.3) is 0 Å². The molecule has 0 aliphatic carbocycles. The molecule has 98 valence electrons. The summed E-state index contributed by atoms with van der Waals surface area (Å²) in [6.07, 6.45) is 8.79. The van der Waals surface area contributed by atoms with Gasteiger partial charge in [-0.25, -0.2) is 4.68 Å². The van der Waals surface area contributed by atoms with Crippen LogP contribution in [0.3, 0.4) is 0 Å². The Balaban J connectivity index is 2.23. The van der Waals surface area contributed by atoms with Crippen molar-refractivity contribution < 1.29 is 0 Å². The van der Waals surface area contributed by atoms with Crippen LogP contribution in [0.5, 0.6) is 0 Å². The minimum Gasteiger partial charge on any atom is -0.323 e. The van der Waals surface area contributed by atoms with Crippen molar-refractivity contribution in [1.82, 2.24) is 15.0 Å². The third-order valence-corrected chi connectivity index (χ3v) is 3.61. The Morgan fingerprint density at radius 2 is 1.88 bits per heavy atom. The van der Waals surface area contributed by atoms with Crippen molar-refractivity contribution in [1.29, 1.82) is 0 Å². The van der Waals surface area contributed by atoms with Crippen molar-refractivity contribution in [2.24, 2.45) is 12.8 Å². The highest BCUT2D eigenvalue weighted by Crippen LogP contribution is 2.23. The topological polar surface area (TPSA) is 56.7 Å². The molecule has 0 fully saturated rings. The van der Waals surface area contributed by atoms with Crippen LogP contribution in [0.1, 0.15) is 63.6 Å². The average molecular weight is 303 g/mol. The van der Waals surface area contributed by atoms with Gasteiger partial charge >= 0.3 is 0 Å². The first-order valence-corrected chi connectivity index (χ1v) is 7.26. The number of hydrogen-bond donors (Lipinski definition) is 1. The maximum absolute atomic E-state index is 6.15. The molecule has 0 aliphatic heterocycles. The van der Waals surface area contributed by atoms with Crippen LogP contribution in [0, 0.1) is 0 Å². The summed E-state index contributed by atoms with van der Waals surface area (Å²) in [5.74, 6) is 0. The monoisotopic (exact) mass is 302 g/mol. The van der Waals surface area contributed by atoms with E-state index in [1.54, 1.807) is 4.68 Å². The van der Waals surface area contributed by atoms with Crippen LogP contribution in [0.4, 0.5) is 0 Å².